The summed E-state index contributed by atoms with van der Waals surface area (Å²) in [6.07, 6.45) is 7.14. The minimum absolute atomic E-state index is 0.0417. The summed E-state index contributed by atoms with van der Waals surface area (Å²) in [5.74, 6) is -2.50. The number of aromatic nitrogens is 5. The highest BCUT2D eigenvalue weighted by atomic mass is 16.7. The summed E-state index contributed by atoms with van der Waals surface area (Å²) in [6.45, 7) is 11.8. The first-order valence-electron chi connectivity index (χ1n) is 31.4. The molecule has 3 aliphatic heterocycles. The van der Waals surface area contributed by atoms with E-state index in [0.717, 1.165) is 29.4 Å². The second-order valence-corrected chi connectivity index (χ2v) is 25.1. The number of nitrogens with zero attached hydrogens (tertiary/aromatic N) is 6. The lowest BCUT2D eigenvalue weighted by Crippen LogP contribution is -2.47. The number of anilines is 1. The number of fused-ring (bicyclic) bond motifs is 5. The first-order chi connectivity index (χ1) is 43.5. The van der Waals surface area contributed by atoms with Gasteiger partial charge in [-0.15, -0.1) is 5.10 Å². The lowest BCUT2D eigenvalue weighted by atomic mass is 9.81. The average molecular weight is 1260 g/mol. The number of phenolic OH excluding ortho intramolecular Hbond substituents is 1. The topological polar surface area (TPSA) is 346 Å². The number of pyridine rings is 2. The van der Waals surface area contributed by atoms with Crippen molar-refractivity contribution in [3.63, 3.8) is 0 Å². The van der Waals surface area contributed by atoms with Gasteiger partial charge in [0.1, 0.15) is 43.9 Å². The zero-order valence-electron chi connectivity index (χ0n) is 52.6. The molecular weight excluding hydrogens is 1170 g/mol. The minimum atomic E-state index is -2.01. The maximum absolute atomic E-state index is 14.1. The summed E-state index contributed by atoms with van der Waals surface area (Å²) >= 11 is 0. The van der Waals surface area contributed by atoms with E-state index in [-0.39, 0.29) is 98.4 Å². The van der Waals surface area contributed by atoms with E-state index in [2.05, 4.69) is 31.6 Å². The van der Waals surface area contributed by atoms with Gasteiger partial charge in [0.15, 0.2) is 0 Å². The van der Waals surface area contributed by atoms with Crippen LogP contribution in [0.3, 0.4) is 0 Å². The standard InChI is InChI=1S/C65H83N11O15/c1-7-45-46-29-44(77)20-21-50(46)70-57-47(45)34-75-52(57)30-49-48(60(75)84)36-88-61(85)65(49,8-2)91-62(86)89-35-40-14-18-42(19-15-40)68-59(83)51(11-9-10-26-66)69-53(78)37-87-38-54(79)71-63(3,4)25-28-90-64(5,6)24-27-74-33-43(72-73-74)31-67-58(82)41-16-12-39(13-17-41)32-76-55(80)22-23-56(76)81/h14-15,18-21,29-30,33,39,41,51,77H,7-13,16-17,22-28,31-32,34-38,66H2,1-6H3,(H,67,82)(H,68,83)(H,69,78)(H,71,79). The Morgan fingerprint density at radius 3 is 2.35 bits per heavy atom. The molecule has 6 amide bonds. The summed E-state index contributed by atoms with van der Waals surface area (Å²) in [5, 5.41) is 30.9. The molecule has 5 aromatic rings. The Bertz CT molecular complexity index is 3590. The molecule has 1 saturated carbocycles. The quantitative estimate of drug-likeness (QED) is 0.0189. The number of unbranched alkanes of at least 4 members (excludes halogenated alkanes) is 1. The van der Waals surface area contributed by atoms with Crippen molar-refractivity contribution in [2.75, 3.05) is 38.2 Å². The number of cyclic esters (lactones) is 1. The summed E-state index contributed by atoms with van der Waals surface area (Å²) in [5.41, 5.74) is 7.29. The molecule has 0 radical (unpaired) electrons. The summed E-state index contributed by atoms with van der Waals surface area (Å²) in [6, 6.07) is 12.0. The number of ether oxygens (including phenoxy) is 5. The van der Waals surface area contributed by atoms with Gasteiger partial charge < -0.3 is 60.4 Å². The van der Waals surface area contributed by atoms with Gasteiger partial charge in [-0.25, -0.2) is 14.6 Å². The van der Waals surface area contributed by atoms with Crippen molar-refractivity contribution in [1.29, 1.82) is 0 Å². The van der Waals surface area contributed by atoms with E-state index in [0.29, 0.717) is 105 Å². The third-order valence-electron chi connectivity index (χ3n) is 17.5. The van der Waals surface area contributed by atoms with Gasteiger partial charge in [-0.2, -0.15) is 0 Å². The number of imide groups is 1. The fraction of sp³-hybridized carbons (Fsp3) is 0.538. The molecule has 2 fully saturated rings. The number of hydrogen-bond donors (Lipinski definition) is 6. The highest BCUT2D eigenvalue weighted by Gasteiger charge is 2.51. The van der Waals surface area contributed by atoms with Gasteiger partial charge in [-0.05, 0) is 158 Å². The molecule has 2 aromatic carbocycles. The van der Waals surface area contributed by atoms with Crippen molar-refractivity contribution in [2.24, 2.45) is 17.6 Å². The summed E-state index contributed by atoms with van der Waals surface area (Å²) in [4.78, 5) is 124. The van der Waals surface area contributed by atoms with Gasteiger partial charge in [-0.1, -0.05) is 31.2 Å². The van der Waals surface area contributed by atoms with Crippen LogP contribution in [-0.2, 0) is 102 Å². The smallest absolute Gasteiger partial charge is 0.508 e. The van der Waals surface area contributed by atoms with Crippen LogP contribution in [0, 0.1) is 11.8 Å². The minimum Gasteiger partial charge on any atom is -0.508 e. The largest absolute Gasteiger partial charge is 0.510 e. The van der Waals surface area contributed by atoms with Gasteiger partial charge in [-0.3, -0.25) is 43.1 Å². The predicted molar refractivity (Wildman–Crippen MR) is 330 cm³/mol. The Hall–Kier alpha value is -8.62. The van der Waals surface area contributed by atoms with E-state index in [1.54, 1.807) is 70.9 Å². The molecule has 0 spiro atoms. The molecule has 0 bridgehead atoms. The Morgan fingerprint density at radius 2 is 1.64 bits per heavy atom. The van der Waals surface area contributed by atoms with E-state index in [9.17, 15) is 48.3 Å². The zero-order chi connectivity index (χ0) is 65.2. The number of nitrogens with one attached hydrogen (secondary N) is 4. The zero-order valence-corrected chi connectivity index (χ0v) is 52.6. The number of amides is 6. The molecule has 4 aliphatic rings. The molecule has 488 valence electrons. The molecule has 6 heterocycles. The summed E-state index contributed by atoms with van der Waals surface area (Å²) < 4.78 is 31.8. The van der Waals surface area contributed by atoms with Crippen LogP contribution in [0.5, 0.6) is 5.75 Å². The van der Waals surface area contributed by atoms with Gasteiger partial charge in [0.05, 0.1) is 47.4 Å². The number of nitrogens with two attached hydrogens (primary N) is 1. The third-order valence-corrected chi connectivity index (χ3v) is 17.5. The van der Waals surface area contributed by atoms with Crippen molar-refractivity contribution in [1.82, 2.24) is 45.4 Å². The van der Waals surface area contributed by atoms with Gasteiger partial charge >= 0.3 is 12.1 Å². The second-order valence-electron chi connectivity index (χ2n) is 25.1. The maximum Gasteiger partial charge on any atom is 0.510 e. The molecule has 7 N–H and O–H groups in total. The fourth-order valence-electron chi connectivity index (χ4n) is 12.2. The van der Waals surface area contributed by atoms with Crippen LogP contribution in [0.2, 0.25) is 0 Å². The lowest BCUT2D eigenvalue weighted by Gasteiger charge is -2.35. The van der Waals surface area contributed by atoms with Crippen LogP contribution >= 0.6 is 0 Å². The Labute approximate surface area is 527 Å². The van der Waals surface area contributed by atoms with Crippen molar-refractivity contribution < 1.29 is 67.1 Å². The normalized spacial score (nSPS) is 18.2. The van der Waals surface area contributed by atoms with Crippen molar-refractivity contribution in [3.8, 4) is 17.1 Å². The molecule has 1 saturated heterocycles. The Balaban J connectivity index is 0.678. The molecule has 9 rings (SSSR count). The van der Waals surface area contributed by atoms with Gasteiger partial charge in [0.2, 0.25) is 41.0 Å². The molecule has 2 unspecified atom stereocenters. The fourth-order valence-corrected chi connectivity index (χ4v) is 12.2. The van der Waals surface area contributed by atoms with Gasteiger partial charge in [0.25, 0.3) is 5.56 Å². The van der Waals surface area contributed by atoms with Crippen LogP contribution in [0.15, 0.2) is 59.5 Å². The van der Waals surface area contributed by atoms with Crippen LogP contribution in [0.1, 0.15) is 152 Å². The number of aromatic hydroxyl groups is 1. The number of carbonyl (C=O) groups is 8. The van der Waals surface area contributed by atoms with Crippen LogP contribution in [0.25, 0.3) is 22.3 Å². The Kier molecular flexibility index (Phi) is 21.4. The maximum atomic E-state index is 14.1. The average Bonchev–Trinajstić information content (AvgIpc) is 1.66. The molecule has 1 aliphatic carbocycles. The first-order valence-corrected chi connectivity index (χ1v) is 31.4. The SMILES string of the molecule is CCc1c2c(nc3ccc(O)cc13)-c1cc3c(c(=O)n1C2)COC(=O)C3(CC)OC(=O)OCc1ccc(NC(=O)C(CCCCN)NC(=O)COCC(=O)NC(C)(C)CCOC(C)(C)CCn2cc(CNC(=O)C3CCC(CN4C(=O)CCC4=O)CC3)nn2)cc1. The lowest BCUT2D eigenvalue weighted by molar-refractivity contribution is -0.175. The first kappa shape index (κ1) is 66.8. The number of benzene rings is 2. The molecule has 91 heavy (non-hydrogen) atoms. The molecule has 26 nitrogen and oxygen atoms in total. The van der Waals surface area contributed by atoms with Crippen molar-refractivity contribution in [2.45, 2.75) is 181 Å². The molecule has 2 atom stereocenters. The van der Waals surface area contributed by atoms with Crippen molar-refractivity contribution in [3.05, 3.63) is 98.6 Å². The number of hydrogen-bond acceptors (Lipinski definition) is 19. The number of rotatable bonds is 29. The number of carbonyl (C=O) groups excluding carboxylic acids is 8. The number of esters is 1. The number of phenols is 1. The van der Waals surface area contributed by atoms with Crippen LogP contribution < -0.4 is 32.6 Å². The third kappa shape index (κ3) is 16.3. The highest BCUT2D eigenvalue weighted by molar-refractivity contribution is 6.02. The van der Waals surface area contributed by atoms with E-state index in [1.165, 1.54) is 4.90 Å². The monoisotopic (exact) mass is 1260 g/mol. The molecular formula is C65H83N11O15. The van der Waals surface area contributed by atoms with Crippen LogP contribution in [0.4, 0.5) is 10.5 Å². The number of likely N-dealkylation sites (tertiary alicyclic amines) is 1. The van der Waals surface area contributed by atoms with E-state index in [1.807, 2.05) is 34.6 Å². The second kappa shape index (κ2) is 29.1. The van der Waals surface area contributed by atoms with E-state index >= 15 is 0 Å². The molecule has 26 heteroatoms. The van der Waals surface area contributed by atoms with Crippen molar-refractivity contribution >= 4 is 64.2 Å². The number of aryl methyl sites for hydroxylation is 2. The van der Waals surface area contributed by atoms with E-state index < -0.39 is 71.4 Å². The summed E-state index contributed by atoms with van der Waals surface area (Å²) in [7, 11) is 0. The van der Waals surface area contributed by atoms with Crippen LogP contribution in [-0.4, -0.2) is 132 Å². The predicted octanol–water partition coefficient (Wildman–Crippen LogP) is 5.61. The highest BCUT2D eigenvalue weighted by Crippen LogP contribution is 2.43. The van der Waals surface area contributed by atoms with Gasteiger partial charge in [0, 0.05) is 66.2 Å². The molecule has 3 aromatic heterocycles. The van der Waals surface area contributed by atoms with E-state index in [4.69, 9.17) is 34.4 Å². The Morgan fingerprint density at radius 1 is 0.901 bits per heavy atom.